The fourth-order valence-electron chi connectivity index (χ4n) is 3.30. The van der Waals surface area contributed by atoms with E-state index in [9.17, 15) is 4.79 Å². The van der Waals surface area contributed by atoms with Crippen LogP contribution in [0.4, 0.5) is 0 Å². The Hall–Kier alpha value is -2.99. The molecule has 4 rings (SSSR count). The zero-order valence-corrected chi connectivity index (χ0v) is 17.0. The zero-order chi connectivity index (χ0) is 19.7. The molecule has 142 valence electrons. The van der Waals surface area contributed by atoms with Crippen LogP contribution in [-0.4, -0.2) is 32.6 Å². The second-order valence-electron chi connectivity index (χ2n) is 6.73. The third kappa shape index (κ3) is 3.20. The number of carbonyl (C=O) groups excluding carboxylic acids is 1. The Morgan fingerprint density at radius 3 is 2.68 bits per heavy atom. The van der Waals surface area contributed by atoms with Gasteiger partial charge >= 0.3 is 0 Å². The van der Waals surface area contributed by atoms with Gasteiger partial charge in [-0.25, -0.2) is 9.67 Å². The molecule has 28 heavy (non-hydrogen) atoms. The van der Waals surface area contributed by atoms with E-state index in [1.807, 2.05) is 66.5 Å². The van der Waals surface area contributed by atoms with Crippen LogP contribution < -0.4 is 0 Å². The van der Waals surface area contributed by atoms with Crippen molar-refractivity contribution in [3.05, 3.63) is 70.5 Å². The number of fused-ring (bicyclic) bond motifs is 1. The van der Waals surface area contributed by atoms with Gasteiger partial charge in [0.1, 0.15) is 0 Å². The van der Waals surface area contributed by atoms with Crippen molar-refractivity contribution >= 4 is 28.3 Å². The van der Waals surface area contributed by atoms with E-state index in [4.69, 9.17) is 4.98 Å². The number of hydrogen-bond donors (Lipinski definition) is 0. The van der Waals surface area contributed by atoms with Gasteiger partial charge in [0, 0.05) is 24.0 Å². The molecule has 0 saturated heterocycles. The van der Waals surface area contributed by atoms with E-state index in [2.05, 4.69) is 18.1 Å². The summed E-state index contributed by atoms with van der Waals surface area (Å²) in [4.78, 5) is 21.2. The number of carbonyl (C=O) groups is 1. The van der Waals surface area contributed by atoms with Gasteiger partial charge in [-0.3, -0.25) is 4.79 Å². The Balaban J connectivity index is 1.83. The highest BCUT2D eigenvalue weighted by atomic mass is 32.1. The minimum atomic E-state index is -0.0267. The standard InChI is InChI=1S/C22H22N4OS/c1-4-26-21-18(14-23-26)17(13-19(24-21)16-9-6-5-7-10-16)22(27)25(3)15(2)20-11-8-12-28-20/h5-15H,4H2,1-3H3. The summed E-state index contributed by atoms with van der Waals surface area (Å²) in [7, 11) is 1.85. The first-order valence-corrected chi connectivity index (χ1v) is 10.2. The van der Waals surface area contributed by atoms with Gasteiger partial charge in [0.2, 0.25) is 0 Å². The van der Waals surface area contributed by atoms with E-state index in [0.29, 0.717) is 12.1 Å². The van der Waals surface area contributed by atoms with Crippen molar-refractivity contribution < 1.29 is 4.79 Å². The first-order chi connectivity index (χ1) is 13.6. The van der Waals surface area contributed by atoms with Crippen molar-refractivity contribution in [2.75, 3.05) is 7.05 Å². The SMILES string of the molecule is CCn1ncc2c(C(=O)N(C)C(C)c3cccs3)cc(-c3ccccc3)nc21. The van der Waals surface area contributed by atoms with Gasteiger partial charge in [-0.1, -0.05) is 36.4 Å². The fraction of sp³-hybridized carbons (Fsp3) is 0.227. The average Bonchev–Trinajstić information content (AvgIpc) is 3.41. The van der Waals surface area contributed by atoms with Crippen molar-refractivity contribution in [2.24, 2.45) is 0 Å². The summed E-state index contributed by atoms with van der Waals surface area (Å²) in [6, 6.07) is 15.9. The van der Waals surface area contributed by atoms with E-state index >= 15 is 0 Å². The molecule has 0 N–H and O–H groups in total. The van der Waals surface area contributed by atoms with Gasteiger partial charge in [-0.2, -0.15) is 5.10 Å². The van der Waals surface area contributed by atoms with Gasteiger partial charge in [0.25, 0.3) is 5.91 Å². The maximum Gasteiger partial charge on any atom is 0.255 e. The Morgan fingerprint density at radius 2 is 2.00 bits per heavy atom. The Bertz CT molecular complexity index is 1100. The molecule has 4 aromatic rings. The molecular formula is C22H22N4OS. The van der Waals surface area contributed by atoms with Crippen LogP contribution in [0.1, 0.15) is 35.1 Å². The van der Waals surface area contributed by atoms with Crippen LogP contribution in [0.2, 0.25) is 0 Å². The second kappa shape index (κ2) is 7.56. The van der Waals surface area contributed by atoms with Gasteiger partial charge in [-0.05, 0) is 31.4 Å². The molecule has 0 bridgehead atoms. The van der Waals surface area contributed by atoms with E-state index in [1.54, 1.807) is 22.4 Å². The first kappa shape index (κ1) is 18.4. The molecule has 0 aliphatic carbocycles. The van der Waals surface area contributed by atoms with Crippen LogP contribution in [0, 0.1) is 0 Å². The Labute approximate surface area is 168 Å². The average molecular weight is 391 g/mol. The summed E-state index contributed by atoms with van der Waals surface area (Å²) in [6.45, 7) is 4.77. The lowest BCUT2D eigenvalue weighted by Gasteiger charge is -2.24. The third-order valence-electron chi connectivity index (χ3n) is 5.06. The molecule has 6 heteroatoms. The maximum atomic E-state index is 13.4. The molecule has 1 atom stereocenters. The molecule has 5 nitrogen and oxygen atoms in total. The maximum absolute atomic E-state index is 13.4. The normalized spacial score (nSPS) is 12.2. The summed E-state index contributed by atoms with van der Waals surface area (Å²) in [6.07, 6.45) is 1.75. The summed E-state index contributed by atoms with van der Waals surface area (Å²) in [5, 5.41) is 7.26. The minimum Gasteiger partial charge on any atom is -0.334 e. The first-order valence-electron chi connectivity index (χ1n) is 9.32. The monoisotopic (exact) mass is 390 g/mol. The van der Waals surface area contributed by atoms with Crippen molar-refractivity contribution in [2.45, 2.75) is 26.4 Å². The van der Waals surface area contributed by atoms with Crippen molar-refractivity contribution in [1.29, 1.82) is 0 Å². The minimum absolute atomic E-state index is 0.00268. The van der Waals surface area contributed by atoms with E-state index in [1.165, 1.54) is 0 Å². The van der Waals surface area contributed by atoms with E-state index in [-0.39, 0.29) is 11.9 Å². The molecule has 3 heterocycles. The highest BCUT2D eigenvalue weighted by Crippen LogP contribution is 2.29. The lowest BCUT2D eigenvalue weighted by atomic mass is 10.1. The van der Waals surface area contributed by atoms with Crippen molar-refractivity contribution in [3.8, 4) is 11.3 Å². The summed E-state index contributed by atoms with van der Waals surface area (Å²) in [5.74, 6) is -0.0267. The lowest BCUT2D eigenvalue weighted by Crippen LogP contribution is -2.29. The lowest BCUT2D eigenvalue weighted by molar-refractivity contribution is 0.0747. The summed E-state index contributed by atoms with van der Waals surface area (Å²) >= 11 is 1.66. The number of aryl methyl sites for hydroxylation is 1. The highest BCUT2D eigenvalue weighted by Gasteiger charge is 2.24. The second-order valence-corrected chi connectivity index (χ2v) is 7.71. The number of nitrogens with zero attached hydrogens (tertiary/aromatic N) is 4. The van der Waals surface area contributed by atoms with Crippen LogP contribution in [0.15, 0.2) is 60.1 Å². The van der Waals surface area contributed by atoms with Gasteiger partial charge < -0.3 is 4.90 Å². The summed E-state index contributed by atoms with van der Waals surface area (Å²) < 4.78 is 1.83. The molecule has 0 radical (unpaired) electrons. The number of benzene rings is 1. The van der Waals surface area contributed by atoms with Crippen LogP contribution in [-0.2, 0) is 6.54 Å². The number of rotatable bonds is 5. The number of amides is 1. The molecule has 0 fully saturated rings. The molecular weight excluding hydrogens is 368 g/mol. The molecule has 1 unspecified atom stereocenters. The molecule has 0 saturated carbocycles. The van der Waals surface area contributed by atoms with Gasteiger partial charge in [-0.15, -0.1) is 11.3 Å². The molecule has 1 aromatic carbocycles. The predicted molar refractivity (Wildman–Crippen MR) is 113 cm³/mol. The van der Waals surface area contributed by atoms with E-state index < -0.39 is 0 Å². The molecule has 0 spiro atoms. The van der Waals surface area contributed by atoms with Gasteiger partial charge in [0.05, 0.1) is 28.9 Å². The Kier molecular flexibility index (Phi) is 4.96. The van der Waals surface area contributed by atoms with Crippen molar-refractivity contribution in [3.63, 3.8) is 0 Å². The molecule has 0 aliphatic rings. The number of thiophene rings is 1. The fourth-order valence-corrected chi connectivity index (χ4v) is 4.12. The van der Waals surface area contributed by atoms with Gasteiger partial charge in [0.15, 0.2) is 5.65 Å². The molecule has 3 aromatic heterocycles. The zero-order valence-electron chi connectivity index (χ0n) is 16.2. The topological polar surface area (TPSA) is 51.0 Å². The van der Waals surface area contributed by atoms with Crippen LogP contribution in [0.5, 0.6) is 0 Å². The Morgan fingerprint density at radius 1 is 1.21 bits per heavy atom. The largest absolute Gasteiger partial charge is 0.334 e. The smallest absolute Gasteiger partial charge is 0.255 e. The van der Waals surface area contributed by atoms with Crippen LogP contribution >= 0.6 is 11.3 Å². The molecule has 1 amide bonds. The van der Waals surface area contributed by atoms with Crippen LogP contribution in [0.25, 0.3) is 22.3 Å². The number of hydrogen-bond acceptors (Lipinski definition) is 4. The molecule has 0 aliphatic heterocycles. The highest BCUT2D eigenvalue weighted by molar-refractivity contribution is 7.10. The quantitative estimate of drug-likeness (QED) is 0.481. The number of pyridine rings is 1. The third-order valence-corrected chi connectivity index (χ3v) is 6.11. The summed E-state index contributed by atoms with van der Waals surface area (Å²) in [5.41, 5.74) is 3.14. The van der Waals surface area contributed by atoms with Crippen LogP contribution in [0.3, 0.4) is 0 Å². The predicted octanol–water partition coefficient (Wildman–Crippen LogP) is 5.01. The number of aromatic nitrogens is 3. The van der Waals surface area contributed by atoms with Crippen molar-refractivity contribution in [1.82, 2.24) is 19.7 Å². The van der Waals surface area contributed by atoms with E-state index in [0.717, 1.165) is 27.2 Å².